The molecule has 0 aliphatic carbocycles. The topological polar surface area (TPSA) is 57.7 Å². The number of amides is 1. The molecule has 2 rings (SSSR count). The van der Waals surface area contributed by atoms with Crippen molar-refractivity contribution in [2.45, 2.75) is 19.8 Å². The van der Waals surface area contributed by atoms with Gasteiger partial charge in [-0.05, 0) is 37.8 Å². The summed E-state index contributed by atoms with van der Waals surface area (Å²) in [6.45, 7) is 7.44. The van der Waals surface area contributed by atoms with Crippen LogP contribution in [-0.2, 0) is 9.53 Å². The third-order valence-corrected chi connectivity index (χ3v) is 4.56. The Morgan fingerprint density at radius 2 is 2.21 bits per heavy atom. The van der Waals surface area contributed by atoms with Gasteiger partial charge in [-0.2, -0.15) is 0 Å². The lowest BCUT2D eigenvalue weighted by molar-refractivity contribution is -0.130. The Kier molecular flexibility index (Phi) is 7.98. The van der Waals surface area contributed by atoms with E-state index < -0.39 is 0 Å². The van der Waals surface area contributed by atoms with Gasteiger partial charge in [0.05, 0.1) is 13.2 Å². The van der Waals surface area contributed by atoms with Crippen LogP contribution in [0.2, 0.25) is 0 Å². The largest absolute Gasteiger partial charge is 0.383 e. The number of methoxy groups -OCH3 is 1. The number of rotatable bonds is 9. The van der Waals surface area contributed by atoms with Crippen molar-refractivity contribution in [1.82, 2.24) is 15.2 Å². The van der Waals surface area contributed by atoms with E-state index in [9.17, 15) is 4.79 Å². The van der Waals surface area contributed by atoms with Gasteiger partial charge >= 0.3 is 0 Å². The van der Waals surface area contributed by atoms with Crippen LogP contribution in [0.5, 0.6) is 0 Å². The van der Waals surface area contributed by atoms with E-state index in [0.717, 1.165) is 44.8 Å². The van der Waals surface area contributed by atoms with Gasteiger partial charge in [0.25, 0.3) is 0 Å². The lowest BCUT2D eigenvalue weighted by Crippen LogP contribution is -2.44. The molecule has 1 aromatic heterocycles. The lowest BCUT2D eigenvalue weighted by atomic mass is 9.96. The van der Waals surface area contributed by atoms with Gasteiger partial charge in [0, 0.05) is 46.0 Å². The molecule has 24 heavy (non-hydrogen) atoms. The minimum absolute atomic E-state index is 0.181. The Balaban J connectivity index is 1.73. The molecule has 0 aromatic carbocycles. The maximum atomic E-state index is 12.3. The van der Waals surface area contributed by atoms with Crippen LogP contribution in [0.3, 0.4) is 0 Å². The van der Waals surface area contributed by atoms with Gasteiger partial charge < -0.3 is 19.9 Å². The second-order valence-corrected chi connectivity index (χ2v) is 6.22. The molecule has 2 heterocycles. The van der Waals surface area contributed by atoms with Crippen molar-refractivity contribution in [3.05, 3.63) is 24.4 Å². The number of aromatic nitrogens is 1. The number of nitrogens with zero attached hydrogens (tertiary/aromatic N) is 3. The van der Waals surface area contributed by atoms with Gasteiger partial charge in [0.15, 0.2) is 0 Å². The molecule has 1 aliphatic heterocycles. The molecule has 0 unspecified atom stereocenters. The van der Waals surface area contributed by atoms with Crippen LogP contribution < -0.4 is 10.2 Å². The summed E-state index contributed by atoms with van der Waals surface area (Å²) in [6.07, 6.45) is 4.06. The Morgan fingerprint density at radius 3 is 2.83 bits per heavy atom. The Labute approximate surface area is 145 Å². The third-order valence-electron chi connectivity index (χ3n) is 4.56. The van der Waals surface area contributed by atoms with Crippen molar-refractivity contribution in [1.29, 1.82) is 0 Å². The highest BCUT2D eigenvalue weighted by molar-refractivity contribution is 5.78. The first-order chi connectivity index (χ1) is 11.7. The third kappa shape index (κ3) is 5.76. The summed E-state index contributed by atoms with van der Waals surface area (Å²) in [5.41, 5.74) is 0. The van der Waals surface area contributed by atoms with Crippen LogP contribution in [0.25, 0.3) is 0 Å². The van der Waals surface area contributed by atoms with E-state index in [2.05, 4.69) is 28.2 Å². The van der Waals surface area contributed by atoms with Gasteiger partial charge in [0.1, 0.15) is 5.82 Å². The van der Waals surface area contributed by atoms with Crippen molar-refractivity contribution in [2.24, 2.45) is 5.92 Å². The molecule has 1 N–H and O–H groups in total. The predicted molar refractivity (Wildman–Crippen MR) is 96.2 cm³/mol. The van der Waals surface area contributed by atoms with Crippen LogP contribution in [0.4, 0.5) is 5.82 Å². The maximum Gasteiger partial charge on any atom is 0.236 e. The number of pyridine rings is 1. The van der Waals surface area contributed by atoms with E-state index >= 15 is 0 Å². The Hall–Kier alpha value is -1.66. The van der Waals surface area contributed by atoms with Gasteiger partial charge in [-0.1, -0.05) is 6.07 Å². The second kappa shape index (κ2) is 10.3. The second-order valence-electron chi connectivity index (χ2n) is 6.22. The van der Waals surface area contributed by atoms with Crippen LogP contribution >= 0.6 is 0 Å². The highest BCUT2D eigenvalue weighted by atomic mass is 16.5. The standard InChI is InChI=1S/C18H30N4O2/c1-3-21(18(23)14-19-10-13-24-2)15-16-7-11-22(12-8-16)17-6-4-5-9-20-17/h4-6,9,16,19H,3,7-8,10-15H2,1-2H3. The molecule has 0 radical (unpaired) electrons. The fourth-order valence-corrected chi connectivity index (χ4v) is 3.09. The minimum atomic E-state index is 0.181. The van der Waals surface area contributed by atoms with Crippen LogP contribution in [0.15, 0.2) is 24.4 Å². The number of nitrogens with one attached hydrogen (secondary N) is 1. The molecule has 0 atom stereocenters. The summed E-state index contributed by atoms with van der Waals surface area (Å²) in [4.78, 5) is 21.0. The first-order valence-corrected chi connectivity index (χ1v) is 8.88. The Bertz CT molecular complexity index is 475. The summed E-state index contributed by atoms with van der Waals surface area (Å²) in [5.74, 6) is 1.82. The van der Waals surface area contributed by atoms with E-state index in [1.807, 2.05) is 23.2 Å². The number of hydrogen-bond acceptors (Lipinski definition) is 5. The number of ether oxygens (including phenoxy) is 1. The van der Waals surface area contributed by atoms with Crippen molar-refractivity contribution < 1.29 is 9.53 Å². The number of carbonyl (C=O) groups excluding carboxylic acids is 1. The zero-order chi connectivity index (χ0) is 17.2. The fourth-order valence-electron chi connectivity index (χ4n) is 3.09. The van der Waals surface area contributed by atoms with Crippen molar-refractivity contribution >= 4 is 11.7 Å². The van der Waals surface area contributed by atoms with E-state index in [0.29, 0.717) is 25.6 Å². The monoisotopic (exact) mass is 334 g/mol. The summed E-state index contributed by atoms with van der Waals surface area (Å²) in [6, 6.07) is 6.04. The summed E-state index contributed by atoms with van der Waals surface area (Å²) < 4.78 is 4.98. The van der Waals surface area contributed by atoms with Crippen molar-refractivity contribution in [2.75, 3.05) is 57.9 Å². The smallest absolute Gasteiger partial charge is 0.236 e. The molecule has 1 amide bonds. The molecule has 1 aromatic rings. The van der Waals surface area contributed by atoms with Crippen LogP contribution in [-0.4, -0.2) is 68.8 Å². The van der Waals surface area contributed by atoms with Gasteiger partial charge in [-0.3, -0.25) is 4.79 Å². The molecule has 134 valence electrons. The molecular formula is C18H30N4O2. The summed E-state index contributed by atoms with van der Waals surface area (Å²) in [7, 11) is 1.67. The number of anilines is 1. The van der Waals surface area contributed by atoms with Gasteiger partial charge in [-0.15, -0.1) is 0 Å². The molecule has 6 heteroatoms. The zero-order valence-corrected chi connectivity index (χ0v) is 14.9. The molecule has 1 fully saturated rings. The molecule has 0 spiro atoms. The highest BCUT2D eigenvalue weighted by Gasteiger charge is 2.23. The number of hydrogen-bond donors (Lipinski definition) is 1. The predicted octanol–water partition coefficient (Wildman–Crippen LogP) is 1.38. The van der Waals surface area contributed by atoms with E-state index in [4.69, 9.17) is 4.74 Å². The quantitative estimate of drug-likeness (QED) is 0.692. The number of carbonyl (C=O) groups is 1. The minimum Gasteiger partial charge on any atom is -0.383 e. The molecule has 6 nitrogen and oxygen atoms in total. The summed E-state index contributed by atoms with van der Waals surface area (Å²) in [5, 5.41) is 3.13. The van der Waals surface area contributed by atoms with Gasteiger partial charge in [-0.25, -0.2) is 4.98 Å². The average Bonchev–Trinajstić information content (AvgIpc) is 2.64. The van der Waals surface area contributed by atoms with Crippen molar-refractivity contribution in [3.8, 4) is 0 Å². The molecule has 1 saturated heterocycles. The lowest BCUT2D eigenvalue weighted by Gasteiger charge is -2.35. The van der Waals surface area contributed by atoms with Crippen LogP contribution in [0, 0.1) is 5.92 Å². The normalized spacial score (nSPS) is 15.5. The number of likely N-dealkylation sites (N-methyl/N-ethyl adjacent to an activating group) is 1. The number of piperidine rings is 1. The summed E-state index contributed by atoms with van der Waals surface area (Å²) >= 11 is 0. The van der Waals surface area contributed by atoms with Crippen LogP contribution in [0.1, 0.15) is 19.8 Å². The average molecular weight is 334 g/mol. The van der Waals surface area contributed by atoms with Crippen molar-refractivity contribution in [3.63, 3.8) is 0 Å². The van der Waals surface area contributed by atoms with E-state index in [-0.39, 0.29) is 5.91 Å². The molecule has 1 aliphatic rings. The Morgan fingerprint density at radius 1 is 1.42 bits per heavy atom. The SMILES string of the molecule is CCN(CC1CCN(c2ccccn2)CC1)C(=O)CNCCOC. The molecule has 0 bridgehead atoms. The fraction of sp³-hybridized carbons (Fsp3) is 0.667. The first kappa shape index (κ1) is 18.7. The maximum absolute atomic E-state index is 12.3. The van der Waals surface area contributed by atoms with Gasteiger partial charge in [0.2, 0.25) is 5.91 Å². The highest BCUT2D eigenvalue weighted by Crippen LogP contribution is 2.22. The molecular weight excluding hydrogens is 304 g/mol. The first-order valence-electron chi connectivity index (χ1n) is 8.88. The molecule has 0 saturated carbocycles. The van der Waals surface area contributed by atoms with E-state index in [1.165, 1.54) is 0 Å². The van der Waals surface area contributed by atoms with E-state index in [1.54, 1.807) is 7.11 Å². The zero-order valence-electron chi connectivity index (χ0n) is 14.9.